The van der Waals surface area contributed by atoms with Gasteiger partial charge in [0.1, 0.15) is 0 Å². The molecule has 0 saturated carbocycles. The standard InChI is InChI=1S/C15H17ClN4O4S/c16-11-4-1-3-10(7-11)13-8-14(19-24-13)18-15(21)20-6-2-5-12(9-20)25(17,22)23/h1,3-4,7-8,12H,2,5-6,9H2,(H2,17,22,23)(H,18,19,21). The van der Waals surface area contributed by atoms with Crippen molar-refractivity contribution in [3.63, 3.8) is 0 Å². The van der Waals surface area contributed by atoms with Gasteiger partial charge in [0.05, 0.1) is 5.25 Å². The van der Waals surface area contributed by atoms with Crippen molar-refractivity contribution in [1.82, 2.24) is 10.1 Å². The second-order valence-electron chi connectivity index (χ2n) is 5.82. The molecule has 1 atom stereocenters. The minimum absolute atomic E-state index is 0.0592. The second-order valence-corrected chi connectivity index (χ2v) is 8.10. The third-order valence-electron chi connectivity index (χ3n) is 3.98. The van der Waals surface area contributed by atoms with Crippen LogP contribution in [0.15, 0.2) is 34.9 Å². The number of carbonyl (C=O) groups excluding carboxylic acids is 1. The zero-order valence-electron chi connectivity index (χ0n) is 13.2. The molecule has 1 fully saturated rings. The lowest BCUT2D eigenvalue weighted by molar-refractivity contribution is 0.200. The van der Waals surface area contributed by atoms with E-state index in [0.29, 0.717) is 30.2 Å². The first-order valence-electron chi connectivity index (χ1n) is 7.63. The van der Waals surface area contributed by atoms with Gasteiger partial charge in [0.2, 0.25) is 10.0 Å². The molecule has 1 aliphatic heterocycles. The first-order valence-corrected chi connectivity index (χ1v) is 9.62. The van der Waals surface area contributed by atoms with Gasteiger partial charge in [-0.3, -0.25) is 5.32 Å². The van der Waals surface area contributed by atoms with Crippen LogP contribution in [0.2, 0.25) is 5.02 Å². The number of nitrogens with one attached hydrogen (secondary N) is 1. The Labute approximate surface area is 150 Å². The van der Waals surface area contributed by atoms with Gasteiger partial charge >= 0.3 is 6.03 Å². The Morgan fingerprint density at radius 3 is 2.92 bits per heavy atom. The smallest absolute Gasteiger partial charge is 0.323 e. The van der Waals surface area contributed by atoms with Crippen LogP contribution in [0.25, 0.3) is 11.3 Å². The molecule has 8 nitrogen and oxygen atoms in total. The lowest BCUT2D eigenvalue weighted by Crippen LogP contribution is -2.48. The fourth-order valence-corrected chi connectivity index (χ4v) is 3.76. The van der Waals surface area contributed by atoms with E-state index in [2.05, 4.69) is 10.5 Å². The molecule has 3 N–H and O–H groups in total. The average Bonchev–Trinajstić information content (AvgIpc) is 3.03. The van der Waals surface area contributed by atoms with Gasteiger partial charge in [0.15, 0.2) is 11.6 Å². The number of halogens is 1. The molecule has 2 heterocycles. The number of nitrogens with zero attached hydrogens (tertiary/aromatic N) is 2. The van der Waals surface area contributed by atoms with E-state index in [0.717, 1.165) is 5.56 Å². The summed E-state index contributed by atoms with van der Waals surface area (Å²) < 4.78 is 28.2. The van der Waals surface area contributed by atoms with Crippen molar-refractivity contribution in [3.05, 3.63) is 35.4 Å². The molecule has 2 amide bonds. The Balaban J connectivity index is 1.67. The third-order valence-corrected chi connectivity index (χ3v) is 5.53. The highest BCUT2D eigenvalue weighted by atomic mass is 35.5. The van der Waals surface area contributed by atoms with Gasteiger partial charge in [-0.25, -0.2) is 18.4 Å². The van der Waals surface area contributed by atoms with Crippen LogP contribution in [0.5, 0.6) is 0 Å². The number of urea groups is 1. The number of primary sulfonamides is 1. The predicted octanol–water partition coefficient (Wildman–Crippen LogP) is 2.28. The van der Waals surface area contributed by atoms with E-state index in [-0.39, 0.29) is 12.4 Å². The molecule has 134 valence electrons. The van der Waals surface area contributed by atoms with Gasteiger partial charge in [0.25, 0.3) is 0 Å². The topological polar surface area (TPSA) is 119 Å². The van der Waals surface area contributed by atoms with E-state index < -0.39 is 21.3 Å². The Morgan fingerprint density at radius 1 is 1.40 bits per heavy atom. The van der Waals surface area contributed by atoms with Gasteiger partial charge in [-0.05, 0) is 25.0 Å². The van der Waals surface area contributed by atoms with Crippen molar-refractivity contribution in [2.75, 3.05) is 18.4 Å². The highest BCUT2D eigenvalue weighted by molar-refractivity contribution is 7.89. The number of carbonyl (C=O) groups is 1. The summed E-state index contributed by atoms with van der Waals surface area (Å²) in [5, 5.41) is 11.4. The Kier molecular flexibility index (Phi) is 4.98. The Morgan fingerprint density at radius 2 is 2.20 bits per heavy atom. The fourth-order valence-electron chi connectivity index (χ4n) is 2.69. The number of aromatic nitrogens is 1. The number of nitrogens with two attached hydrogens (primary N) is 1. The largest absolute Gasteiger partial charge is 0.354 e. The van der Waals surface area contributed by atoms with Crippen molar-refractivity contribution < 1.29 is 17.7 Å². The maximum atomic E-state index is 12.3. The van der Waals surface area contributed by atoms with Gasteiger partial charge in [-0.15, -0.1) is 0 Å². The molecule has 1 aliphatic rings. The number of anilines is 1. The molecule has 2 aromatic rings. The molecule has 0 bridgehead atoms. The molecule has 3 rings (SSSR count). The summed E-state index contributed by atoms with van der Waals surface area (Å²) >= 11 is 5.94. The van der Waals surface area contributed by atoms with E-state index in [4.69, 9.17) is 21.3 Å². The number of sulfonamides is 1. The van der Waals surface area contributed by atoms with Gasteiger partial charge in [-0.2, -0.15) is 0 Å². The van der Waals surface area contributed by atoms with Crippen molar-refractivity contribution in [2.24, 2.45) is 5.14 Å². The van der Waals surface area contributed by atoms with E-state index in [1.54, 1.807) is 30.3 Å². The summed E-state index contributed by atoms with van der Waals surface area (Å²) in [5.74, 6) is 0.691. The van der Waals surface area contributed by atoms with Crippen LogP contribution < -0.4 is 10.5 Å². The lowest BCUT2D eigenvalue weighted by atomic mass is 10.1. The maximum Gasteiger partial charge on any atom is 0.323 e. The molecule has 1 unspecified atom stereocenters. The van der Waals surface area contributed by atoms with Crippen molar-refractivity contribution in [3.8, 4) is 11.3 Å². The van der Waals surface area contributed by atoms with Crippen molar-refractivity contribution in [2.45, 2.75) is 18.1 Å². The number of benzene rings is 1. The van der Waals surface area contributed by atoms with E-state index in [9.17, 15) is 13.2 Å². The summed E-state index contributed by atoms with van der Waals surface area (Å²) in [4.78, 5) is 13.7. The van der Waals surface area contributed by atoms with E-state index >= 15 is 0 Å². The first-order chi connectivity index (χ1) is 11.8. The van der Waals surface area contributed by atoms with Crippen LogP contribution in [-0.2, 0) is 10.0 Å². The molecular formula is C15H17ClN4O4S. The highest BCUT2D eigenvalue weighted by Crippen LogP contribution is 2.25. The molecule has 25 heavy (non-hydrogen) atoms. The highest BCUT2D eigenvalue weighted by Gasteiger charge is 2.30. The summed E-state index contributed by atoms with van der Waals surface area (Å²) in [7, 11) is -3.67. The Bertz CT molecular complexity index is 883. The summed E-state index contributed by atoms with van der Waals surface area (Å²) in [5.41, 5.74) is 0.729. The first kappa shape index (κ1) is 17.7. The molecule has 0 spiro atoms. The zero-order chi connectivity index (χ0) is 18.0. The minimum Gasteiger partial charge on any atom is -0.354 e. The van der Waals surface area contributed by atoms with Crippen LogP contribution >= 0.6 is 11.6 Å². The van der Waals surface area contributed by atoms with Crippen molar-refractivity contribution >= 4 is 33.5 Å². The van der Waals surface area contributed by atoms with Gasteiger partial charge in [-0.1, -0.05) is 28.9 Å². The minimum atomic E-state index is -3.67. The van der Waals surface area contributed by atoms with Crippen LogP contribution in [0.4, 0.5) is 10.6 Å². The summed E-state index contributed by atoms with van der Waals surface area (Å²) in [6, 6.07) is 8.17. The number of rotatable bonds is 3. The zero-order valence-corrected chi connectivity index (χ0v) is 14.8. The lowest BCUT2D eigenvalue weighted by Gasteiger charge is -2.31. The van der Waals surface area contributed by atoms with Gasteiger partial charge < -0.3 is 9.42 Å². The SMILES string of the molecule is NS(=O)(=O)C1CCCN(C(=O)Nc2cc(-c3cccc(Cl)c3)on2)C1. The summed E-state index contributed by atoms with van der Waals surface area (Å²) in [6.07, 6.45) is 1.02. The molecule has 1 aromatic carbocycles. The maximum absolute atomic E-state index is 12.3. The van der Waals surface area contributed by atoms with Crippen LogP contribution in [-0.4, -0.2) is 42.8 Å². The number of amides is 2. The molecule has 0 radical (unpaired) electrons. The monoisotopic (exact) mass is 384 g/mol. The predicted molar refractivity (Wildman–Crippen MR) is 93.7 cm³/mol. The molecule has 1 saturated heterocycles. The Hall–Kier alpha value is -2.10. The van der Waals surface area contributed by atoms with Crippen LogP contribution in [0.1, 0.15) is 12.8 Å². The fraction of sp³-hybridized carbons (Fsp3) is 0.333. The number of likely N-dealkylation sites (tertiary alicyclic amines) is 1. The van der Waals surface area contributed by atoms with Crippen LogP contribution in [0, 0.1) is 0 Å². The number of hydrogen-bond donors (Lipinski definition) is 2. The van der Waals surface area contributed by atoms with E-state index in [1.165, 1.54) is 4.90 Å². The van der Waals surface area contributed by atoms with Crippen molar-refractivity contribution in [1.29, 1.82) is 0 Å². The van der Waals surface area contributed by atoms with Gasteiger partial charge in [0, 0.05) is 29.7 Å². The molecule has 0 aliphatic carbocycles. The van der Waals surface area contributed by atoms with E-state index in [1.807, 2.05) is 0 Å². The third kappa shape index (κ3) is 4.30. The number of piperidine rings is 1. The molecule has 1 aromatic heterocycles. The van der Waals surface area contributed by atoms with Crippen LogP contribution in [0.3, 0.4) is 0 Å². The normalized spacial score (nSPS) is 18.2. The number of hydrogen-bond acceptors (Lipinski definition) is 5. The average molecular weight is 385 g/mol. The molecule has 10 heteroatoms. The quantitative estimate of drug-likeness (QED) is 0.841. The second kappa shape index (κ2) is 7.03. The summed E-state index contributed by atoms with van der Waals surface area (Å²) in [6.45, 7) is 0.514. The molecular weight excluding hydrogens is 368 g/mol.